The Morgan fingerprint density at radius 2 is 1.88 bits per heavy atom. The molecule has 0 spiro atoms. The maximum absolute atomic E-state index is 12.6. The van der Waals surface area contributed by atoms with Crippen LogP contribution in [-0.2, 0) is 6.54 Å². The number of nitrogens with two attached hydrogens (primary N) is 1. The number of aryl methyl sites for hydroxylation is 1. The van der Waals surface area contributed by atoms with E-state index in [1.165, 1.54) is 0 Å². The van der Waals surface area contributed by atoms with Gasteiger partial charge in [0.1, 0.15) is 0 Å². The smallest absolute Gasteiger partial charge is 0.253 e. The Morgan fingerprint density at radius 1 is 1.17 bits per heavy atom. The molecule has 24 heavy (non-hydrogen) atoms. The molecule has 1 aliphatic heterocycles. The Kier molecular flexibility index (Phi) is 4.61. The topological polar surface area (TPSA) is 92.7 Å². The molecule has 1 aliphatic rings. The number of amides is 2. The van der Waals surface area contributed by atoms with Crippen LogP contribution in [0.1, 0.15) is 32.2 Å². The van der Waals surface area contributed by atoms with Gasteiger partial charge in [-0.3, -0.25) is 14.5 Å². The van der Waals surface area contributed by atoms with Crippen molar-refractivity contribution in [3.63, 3.8) is 0 Å². The van der Waals surface area contributed by atoms with Crippen LogP contribution in [0, 0.1) is 6.92 Å². The zero-order chi connectivity index (χ0) is 17.1. The summed E-state index contributed by atoms with van der Waals surface area (Å²) >= 11 is 0. The molecule has 3 rings (SSSR count). The number of benzene rings is 1. The normalized spacial score (nSPS) is 15.5. The van der Waals surface area contributed by atoms with Gasteiger partial charge < -0.3 is 15.2 Å². The van der Waals surface area contributed by atoms with E-state index in [1.54, 1.807) is 29.2 Å². The van der Waals surface area contributed by atoms with E-state index in [0.29, 0.717) is 30.8 Å². The summed E-state index contributed by atoms with van der Waals surface area (Å²) < 4.78 is 5.23. The number of hydrogen-bond acceptors (Lipinski definition) is 5. The first-order valence-corrected chi connectivity index (χ1v) is 7.86. The van der Waals surface area contributed by atoms with Crippen molar-refractivity contribution >= 4 is 11.8 Å². The second-order valence-electron chi connectivity index (χ2n) is 5.95. The predicted octanol–water partition coefficient (Wildman–Crippen LogP) is 1.04. The number of aromatic nitrogens is 1. The number of carbonyl (C=O) groups excluding carboxylic acids is 2. The molecular formula is C17H20N4O3. The van der Waals surface area contributed by atoms with Crippen molar-refractivity contribution in [2.45, 2.75) is 13.5 Å². The third-order valence-electron chi connectivity index (χ3n) is 4.11. The summed E-state index contributed by atoms with van der Waals surface area (Å²) in [5, 5.41) is 3.88. The van der Waals surface area contributed by atoms with E-state index in [9.17, 15) is 9.59 Å². The lowest BCUT2D eigenvalue weighted by molar-refractivity contribution is 0.0617. The molecule has 2 N–H and O–H groups in total. The van der Waals surface area contributed by atoms with Crippen molar-refractivity contribution in [2.24, 2.45) is 5.73 Å². The predicted molar refractivity (Wildman–Crippen MR) is 87.4 cm³/mol. The first kappa shape index (κ1) is 16.2. The molecule has 126 valence electrons. The summed E-state index contributed by atoms with van der Waals surface area (Å²) in [5.41, 5.74) is 6.98. The highest BCUT2D eigenvalue weighted by Gasteiger charge is 2.23. The molecule has 7 nitrogen and oxygen atoms in total. The Labute approximate surface area is 140 Å². The monoisotopic (exact) mass is 328 g/mol. The van der Waals surface area contributed by atoms with Gasteiger partial charge in [-0.1, -0.05) is 11.2 Å². The zero-order valence-corrected chi connectivity index (χ0v) is 13.6. The first-order chi connectivity index (χ1) is 11.5. The van der Waals surface area contributed by atoms with Crippen molar-refractivity contribution in [2.75, 3.05) is 26.2 Å². The molecule has 1 fully saturated rings. The lowest BCUT2D eigenvalue weighted by Gasteiger charge is -2.34. The molecule has 1 saturated heterocycles. The van der Waals surface area contributed by atoms with Gasteiger partial charge in [0.05, 0.1) is 12.2 Å². The van der Waals surface area contributed by atoms with Gasteiger partial charge in [-0.25, -0.2) is 0 Å². The van der Waals surface area contributed by atoms with Crippen LogP contribution < -0.4 is 5.73 Å². The number of rotatable bonds is 4. The third-order valence-corrected chi connectivity index (χ3v) is 4.11. The molecule has 0 bridgehead atoms. The van der Waals surface area contributed by atoms with Crippen molar-refractivity contribution in [1.82, 2.24) is 15.0 Å². The van der Waals surface area contributed by atoms with E-state index < -0.39 is 5.91 Å². The summed E-state index contributed by atoms with van der Waals surface area (Å²) in [7, 11) is 0. The first-order valence-electron chi connectivity index (χ1n) is 7.86. The third kappa shape index (κ3) is 3.62. The van der Waals surface area contributed by atoms with Gasteiger partial charge in [-0.05, 0) is 25.1 Å². The highest BCUT2D eigenvalue weighted by Crippen LogP contribution is 2.13. The average molecular weight is 328 g/mol. The fourth-order valence-electron chi connectivity index (χ4n) is 2.81. The van der Waals surface area contributed by atoms with Crippen LogP contribution in [0.3, 0.4) is 0 Å². The molecule has 1 aromatic carbocycles. The van der Waals surface area contributed by atoms with Gasteiger partial charge in [0.2, 0.25) is 5.91 Å². The van der Waals surface area contributed by atoms with Gasteiger partial charge in [0.25, 0.3) is 5.91 Å². The summed E-state index contributed by atoms with van der Waals surface area (Å²) in [5.74, 6) is 0.228. The van der Waals surface area contributed by atoms with Crippen molar-refractivity contribution in [1.29, 1.82) is 0 Å². The van der Waals surface area contributed by atoms with Crippen molar-refractivity contribution < 1.29 is 14.1 Å². The summed E-state index contributed by atoms with van der Waals surface area (Å²) in [4.78, 5) is 27.8. The number of hydrogen-bond donors (Lipinski definition) is 1. The summed E-state index contributed by atoms with van der Waals surface area (Å²) in [6, 6.07) is 8.46. The molecule has 0 radical (unpaired) electrons. The van der Waals surface area contributed by atoms with E-state index >= 15 is 0 Å². The molecule has 0 unspecified atom stereocenters. The molecule has 2 heterocycles. The van der Waals surface area contributed by atoms with E-state index in [1.807, 2.05) is 13.0 Å². The molecule has 7 heteroatoms. The highest BCUT2D eigenvalue weighted by atomic mass is 16.5. The van der Waals surface area contributed by atoms with Gasteiger partial charge in [-0.15, -0.1) is 0 Å². The number of piperazine rings is 1. The molecular weight excluding hydrogens is 308 g/mol. The largest absolute Gasteiger partial charge is 0.366 e. The minimum atomic E-state index is -0.531. The second kappa shape index (κ2) is 6.84. The van der Waals surface area contributed by atoms with E-state index in [4.69, 9.17) is 10.3 Å². The standard InChI is InChI=1S/C17H20N4O3/c1-12-9-15(24-19-12)11-20-5-7-21(8-6-20)17(23)14-4-2-3-13(10-14)16(18)22/h2-4,9-10H,5-8,11H2,1H3,(H2,18,22). The Bertz CT molecular complexity index is 748. The Balaban J connectivity index is 1.59. The van der Waals surface area contributed by atoms with E-state index in [0.717, 1.165) is 24.5 Å². The molecule has 1 aromatic heterocycles. The Morgan fingerprint density at radius 3 is 2.50 bits per heavy atom. The lowest BCUT2D eigenvalue weighted by Crippen LogP contribution is -2.48. The highest BCUT2D eigenvalue weighted by molar-refractivity contribution is 5.99. The number of nitrogens with zero attached hydrogens (tertiary/aromatic N) is 3. The number of primary amides is 1. The fourth-order valence-corrected chi connectivity index (χ4v) is 2.81. The average Bonchev–Trinajstić information content (AvgIpc) is 3.00. The lowest BCUT2D eigenvalue weighted by atomic mass is 10.1. The van der Waals surface area contributed by atoms with Gasteiger partial charge >= 0.3 is 0 Å². The van der Waals surface area contributed by atoms with Crippen LogP contribution in [0.25, 0.3) is 0 Å². The van der Waals surface area contributed by atoms with Crippen LogP contribution in [0.5, 0.6) is 0 Å². The molecule has 0 atom stereocenters. The maximum atomic E-state index is 12.6. The van der Waals surface area contributed by atoms with Crippen LogP contribution in [0.4, 0.5) is 0 Å². The molecule has 2 aromatic rings. The Hall–Kier alpha value is -2.67. The molecule has 0 saturated carbocycles. The quantitative estimate of drug-likeness (QED) is 0.905. The van der Waals surface area contributed by atoms with Gasteiger partial charge in [-0.2, -0.15) is 0 Å². The second-order valence-corrected chi connectivity index (χ2v) is 5.95. The maximum Gasteiger partial charge on any atom is 0.253 e. The molecule has 2 amide bonds. The minimum absolute atomic E-state index is 0.0757. The molecule has 0 aliphatic carbocycles. The summed E-state index contributed by atoms with van der Waals surface area (Å²) in [6.45, 7) is 5.38. The van der Waals surface area contributed by atoms with Crippen LogP contribution in [0.2, 0.25) is 0 Å². The SMILES string of the molecule is Cc1cc(CN2CCN(C(=O)c3cccc(C(N)=O)c3)CC2)on1. The van der Waals surface area contributed by atoms with Crippen molar-refractivity contribution in [3.8, 4) is 0 Å². The summed E-state index contributed by atoms with van der Waals surface area (Å²) in [6.07, 6.45) is 0. The van der Waals surface area contributed by atoms with E-state index in [-0.39, 0.29) is 5.91 Å². The van der Waals surface area contributed by atoms with Crippen molar-refractivity contribution in [3.05, 3.63) is 52.9 Å². The van der Waals surface area contributed by atoms with E-state index in [2.05, 4.69) is 10.1 Å². The van der Waals surface area contributed by atoms with Crippen LogP contribution >= 0.6 is 0 Å². The van der Waals surface area contributed by atoms with Crippen LogP contribution in [0.15, 0.2) is 34.9 Å². The van der Waals surface area contributed by atoms with Crippen LogP contribution in [-0.4, -0.2) is 52.9 Å². The van der Waals surface area contributed by atoms with Gasteiger partial charge in [0, 0.05) is 43.4 Å². The zero-order valence-electron chi connectivity index (χ0n) is 13.6. The minimum Gasteiger partial charge on any atom is -0.366 e. The number of carbonyl (C=O) groups is 2. The fraction of sp³-hybridized carbons (Fsp3) is 0.353. The van der Waals surface area contributed by atoms with Gasteiger partial charge in [0.15, 0.2) is 5.76 Å².